The van der Waals surface area contributed by atoms with Crippen LogP contribution in [0.2, 0.25) is 5.02 Å². The van der Waals surface area contributed by atoms with Gasteiger partial charge < -0.3 is 10.4 Å². The number of carboxylic acid groups (broad SMARTS) is 1. The Morgan fingerprint density at radius 3 is 2.82 bits per heavy atom. The molecular weight excluding hydrogens is 300 g/mol. The molecular formula is C17H23ClN2O2. The summed E-state index contributed by atoms with van der Waals surface area (Å²) in [4.78, 5) is 12.8. The predicted octanol–water partition coefficient (Wildman–Crippen LogP) is 2.86. The molecule has 1 heterocycles. The molecule has 1 fully saturated rings. The lowest BCUT2D eigenvalue weighted by molar-refractivity contribution is -0.138. The van der Waals surface area contributed by atoms with Crippen LogP contribution in [-0.2, 0) is 11.2 Å². The second-order valence-electron chi connectivity index (χ2n) is 6.40. The van der Waals surface area contributed by atoms with Crippen LogP contribution in [0.1, 0.15) is 42.9 Å². The first-order valence-electron chi connectivity index (χ1n) is 8.10. The van der Waals surface area contributed by atoms with E-state index in [4.69, 9.17) is 16.7 Å². The molecule has 1 aromatic carbocycles. The molecule has 2 aliphatic rings. The van der Waals surface area contributed by atoms with Crippen molar-refractivity contribution < 1.29 is 9.90 Å². The molecule has 0 bridgehead atoms. The third-order valence-corrected chi connectivity index (χ3v) is 5.04. The quantitative estimate of drug-likeness (QED) is 0.895. The van der Waals surface area contributed by atoms with E-state index in [1.807, 2.05) is 11.0 Å². The van der Waals surface area contributed by atoms with E-state index in [9.17, 15) is 4.79 Å². The van der Waals surface area contributed by atoms with E-state index in [0.29, 0.717) is 12.1 Å². The Kier molecular flexibility index (Phi) is 5.01. The summed E-state index contributed by atoms with van der Waals surface area (Å²) >= 11 is 6.16. The highest BCUT2D eigenvalue weighted by Crippen LogP contribution is 2.32. The van der Waals surface area contributed by atoms with Crippen LogP contribution in [-0.4, -0.2) is 41.7 Å². The lowest BCUT2D eigenvalue weighted by atomic mass is 9.87. The molecule has 4 nitrogen and oxygen atoms in total. The van der Waals surface area contributed by atoms with E-state index in [1.54, 1.807) is 0 Å². The number of nitrogens with one attached hydrogen (secondary N) is 1. The molecule has 22 heavy (non-hydrogen) atoms. The molecule has 120 valence electrons. The summed E-state index contributed by atoms with van der Waals surface area (Å²) in [5, 5.41) is 13.4. The van der Waals surface area contributed by atoms with Gasteiger partial charge >= 0.3 is 5.97 Å². The molecule has 0 spiro atoms. The SMILES string of the molecule is O=C(O)CN1CCC(N[C@H]2CCCc3ccc(Cl)cc32)CC1. The molecule has 0 aromatic heterocycles. The average Bonchev–Trinajstić information content (AvgIpc) is 2.49. The van der Waals surface area contributed by atoms with Crippen molar-refractivity contribution >= 4 is 17.6 Å². The maximum absolute atomic E-state index is 10.8. The maximum Gasteiger partial charge on any atom is 0.317 e. The number of rotatable bonds is 4. The largest absolute Gasteiger partial charge is 0.480 e. The highest BCUT2D eigenvalue weighted by Gasteiger charge is 2.26. The van der Waals surface area contributed by atoms with Gasteiger partial charge in [0.1, 0.15) is 0 Å². The average molecular weight is 323 g/mol. The highest BCUT2D eigenvalue weighted by molar-refractivity contribution is 6.30. The number of hydrogen-bond donors (Lipinski definition) is 2. The van der Waals surface area contributed by atoms with E-state index in [-0.39, 0.29) is 6.54 Å². The fourth-order valence-corrected chi connectivity index (χ4v) is 3.86. The van der Waals surface area contributed by atoms with Gasteiger partial charge in [0.05, 0.1) is 6.54 Å². The predicted molar refractivity (Wildman–Crippen MR) is 87.4 cm³/mol. The first kappa shape index (κ1) is 15.8. The van der Waals surface area contributed by atoms with E-state index in [0.717, 1.165) is 43.8 Å². The molecule has 1 aliphatic carbocycles. The number of nitrogens with zero attached hydrogens (tertiary/aromatic N) is 1. The van der Waals surface area contributed by atoms with Crippen LogP contribution in [0, 0.1) is 0 Å². The third-order valence-electron chi connectivity index (χ3n) is 4.81. The van der Waals surface area contributed by atoms with Crippen LogP contribution in [0.4, 0.5) is 0 Å². The summed E-state index contributed by atoms with van der Waals surface area (Å²) in [6.07, 6.45) is 5.54. The Bertz CT molecular complexity index is 541. The molecule has 5 heteroatoms. The number of benzene rings is 1. The number of carbonyl (C=O) groups is 1. The molecule has 0 radical (unpaired) electrons. The molecule has 1 saturated heterocycles. The highest BCUT2D eigenvalue weighted by atomic mass is 35.5. The van der Waals surface area contributed by atoms with Gasteiger partial charge in [-0.05, 0) is 55.4 Å². The Labute approximate surface area is 136 Å². The first-order valence-corrected chi connectivity index (χ1v) is 8.48. The number of carboxylic acids is 1. The fraction of sp³-hybridized carbons (Fsp3) is 0.588. The van der Waals surface area contributed by atoms with Crippen molar-refractivity contribution in [2.45, 2.75) is 44.2 Å². The van der Waals surface area contributed by atoms with E-state index in [1.165, 1.54) is 17.5 Å². The number of aryl methyl sites for hydroxylation is 1. The lowest BCUT2D eigenvalue weighted by Gasteiger charge is -2.35. The fourth-order valence-electron chi connectivity index (χ4n) is 3.68. The zero-order chi connectivity index (χ0) is 15.5. The van der Waals surface area contributed by atoms with Gasteiger partial charge in [0.25, 0.3) is 0 Å². The summed E-state index contributed by atoms with van der Waals surface area (Å²) in [7, 11) is 0. The lowest BCUT2D eigenvalue weighted by Crippen LogP contribution is -2.45. The number of halogens is 1. The molecule has 3 rings (SSSR count). The van der Waals surface area contributed by atoms with Crippen LogP contribution in [0.15, 0.2) is 18.2 Å². The topological polar surface area (TPSA) is 52.6 Å². The second-order valence-corrected chi connectivity index (χ2v) is 6.84. The smallest absolute Gasteiger partial charge is 0.317 e. The zero-order valence-electron chi connectivity index (χ0n) is 12.7. The standard InChI is InChI=1S/C17H23ClN2O2/c18-13-5-4-12-2-1-3-16(15(12)10-13)19-14-6-8-20(9-7-14)11-17(21)22/h4-5,10,14,16,19H,1-3,6-9,11H2,(H,21,22)/t16-/m0/s1. The molecule has 0 amide bonds. The summed E-state index contributed by atoms with van der Waals surface area (Å²) in [6, 6.07) is 7.10. The second kappa shape index (κ2) is 6.99. The Morgan fingerprint density at radius 1 is 1.32 bits per heavy atom. The minimum atomic E-state index is -0.734. The Hall–Kier alpha value is -1.10. The van der Waals surface area contributed by atoms with Gasteiger partial charge in [0, 0.05) is 30.2 Å². The zero-order valence-corrected chi connectivity index (χ0v) is 13.5. The number of aliphatic carboxylic acids is 1. The van der Waals surface area contributed by atoms with Gasteiger partial charge in [-0.1, -0.05) is 17.7 Å². The van der Waals surface area contributed by atoms with Crippen LogP contribution in [0.25, 0.3) is 0 Å². The van der Waals surface area contributed by atoms with Crippen molar-refractivity contribution in [3.63, 3.8) is 0 Å². The third kappa shape index (κ3) is 3.80. The van der Waals surface area contributed by atoms with E-state index in [2.05, 4.69) is 17.4 Å². The van der Waals surface area contributed by atoms with Crippen LogP contribution in [0.3, 0.4) is 0 Å². The molecule has 0 unspecified atom stereocenters. The normalized spacial score (nSPS) is 23.2. The summed E-state index contributed by atoms with van der Waals surface area (Å²) < 4.78 is 0. The van der Waals surface area contributed by atoms with Gasteiger partial charge in [-0.2, -0.15) is 0 Å². The monoisotopic (exact) mass is 322 g/mol. The van der Waals surface area contributed by atoms with Crippen LogP contribution >= 0.6 is 11.6 Å². The van der Waals surface area contributed by atoms with Gasteiger partial charge in [-0.3, -0.25) is 9.69 Å². The summed E-state index contributed by atoms with van der Waals surface area (Å²) in [5.41, 5.74) is 2.77. The molecule has 2 N–H and O–H groups in total. The number of likely N-dealkylation sites (tertiary alicyclic amines) is 1. The summed E-state index contributed by atoms with van der Waals surface area (Å²) in [5.74, 6) is -0.734. The van der Waals surface area contributed by atoms with Gasteiger partial charge in [-0.25, -0.2) is 0 Å². The molecule has 1 atom stereocenters. The van der Waals surface area contributed by atoms with Gasteiger partial charge in [-0.15, -0.1) is 0 Å². The van der Waals surface area contributed by atoms with Crippen molar-refractivity contribution in [3.05, 3.63) is 34.3 Å². The molecule has 1 aliphatic heterocycles. The molecule has 1 aromatic rings. The van der Waals surface area contributed by atoms with Crippen molar-refractivity contribution in [2.75, 3.05) is 19.6 Å². The van der Waals surface area contributed by atoms with Gasteiger partial charge in [0.2, 0.25) is 0 Å². The Balaban J connectivity index is 1.59. The van der Waals surface area contributed by atoms with Gasteiger partial charge in [0.15, 0.2) is 0 Å². The Morgan fingerprint density at radius 2 is 2.09 bits per heavy atom. The minimum absolute atomic E-state index is 0.161. The van der Waals surface area contributed by atoms with E-state index >= 15 is 0 Å². The van der Waals surface area contributed by atoms with Crippen LogP contribution < -0.4 is 5.32 Å². The van der Waals surface area contributed by atoms with Crippen molar-refractivity contribution in [1.82, 2.24) is 10.2 Å². The maximum atomic E-state index is 10.8. The number of fused-ring (bicyclic) bond motifs is 1. The number of piperidine rings is 1. The van der Waals surface area contributed by atoms with Crippen molar-refractivity contribution in [2.24, 2.45) is 0 Å². The van der Waals surface area contributed by atoms with Crippen LogP contribution in [0.5, 0.6) is 0 Å². The summed E-state index contributed by atoms with van der Waals surface area (Å²) in [6.45, 7) is 1.88. The van der Waals surface area contributed by atoms with Crippen molar-refractivity contribution in [1.29, 1.82) is 0 Å². The molecule has 0 saturated carbocycles. The minimum Gasteiger partial charge on any atom is -0.480 e. The number of hydrogen-bond acceptors (Lipinski definition) is 3. The van der Waals surface area contributed by atoms with Crippen molar-refractivity contribution in [3.8, 4) is 0 Å². The first-order chi connectivity index (χ1) is 10.6. The van der Waals surface area contributed by atoms with E-state index < -0.39 is 5.97 Å².